The van der Waals surface area contributed by atoms with Gasteiger partial charge in [0, 0.05) is 22.4 Å². The minimum absolute atomic E-state index is 0.590. The lowest BCUT2D eigenvalue weighted by atomic mass is 10.1. The van der Waals surface area contributed by atoms with Crippen molar-refractivity contribution in [1.82, 2.24) is 5.43 Å². The molecule has 0 aliphatic carbocycles. The second-order valence-electron chi connectivity index (χ2n) is 4.70. The molecule has 23 heavy (non-hydrogen) atoms. The van der Waals surface area contributed by atoms with Crippen LogP contribution in [0.4, 0.5) is 5.69 Å². The molecule has 118 valence electrons. The zero-order valence-electron chi connectivity index (χ0n) is 12.2. The maximum absolute atomic E-state index is 6.22. The topological polar surface area (TPSA) is 46.0 Å². The van der Waals surface area contributed by atoms with Gasteiger partial charge in [-0.25, -0.2) is 4.99 Å². The normalized spacial score (nSPS) is 16.0. The summed E-state index contributed by atoms with van der Waals surface area (Å²) >= 11 is 13.7. The van der Waals surface area contributed by atoms with Crippen LogP contribution in [-0.2, 0) is 0 Å². The van der Waals surface area contributed by atoms with Crippen molar-refractivity contribution in [2.24, 2.45) is 10.1 Å². The third-order valence-electron chi connectivity index (χ3n) is 3.16. The van der Waals surface area contributed by atoms with Crippen molar-refractivity contribution in [3.8, 4) is 5.75 Å². The first-order chi connectivity index (χ1) is 11.2. The molecule has 1 N–H and O–H groups in total. The number of methoxy groups -OCH3 is 1. The summed E-state index contributed by atoms with van der Waals surface area (Å²) in [6.45, 7) is 0. The molecule has 3 rings (SSSR count). The number of hydrogen-bond acceptors (Lipinski definition) is 4. The lowest BCUT2D eigenvalue weighted by Crippen LogP contribution is -2.25. The summed E-state index contributed by atoms with van der Waals surface area (Å²) in [7, 11) is 1.63. The number of ether oxygens (including phenoxy) is 1. The molecule has 7 heteroatoms. The van der Waals surface area contributed by atoms with Gasteiger partial charge in [0.1, 0.15) is 5.75 Å². The van der Waals surface area contributed by atoms with Gasteiger partial charge in [-0.15, -0.1) is 0 Å². The third-order valence-corrected chi connectivity index (χ3v) is 4.58. The molecule has 0 fully saturated rings. The molecule has 1 heterocycles. The van der Waals surface area contributed by atoms with Crippen LogP contribution in [0.15, 0.2) is 52.6 Å². The number of thioether (sulfide) groups is 1. The molecule has 0 radical (unpaired) electrons. The lowest BCUT2D eigenvalue weighted by Gasteiger charge is -2.15. The van der Waals surface area contributed by atoms with Crippen molar-refractivity contribution >= 4 is 51.5 Å². The number of halogens is 2. The monoisotopic (exact) mass is 365 g/mol. The number of hydrazone groups is 1. The van der Waals surface area contributed by atoms with Crippen molar-refractivity contribution in [1.29, 1.82) is 0 Å². The first-order valence-corrected chi connectivity index (χ1v) is 8.53. The van der Waals surface area contributed by atoms with E-state index >= 15 is 0 Å². The molecule has 0 aromatic heterocycles. The molecule has 0 unspecified atom stereocenters. The van der Waals surface area contributed by atoms with Crippen LogP contribution in [-0.4, -0.2) is 23.7 Å². The van der Waals surface area contributed by atoms with Gasteiger partial charge in [-0.1, -0.05) is 47.1 Å². The van der Waals surface area contributed by atoms with Gasteiger partial charge in [-0.05, 0) is 24.3 Å². The SMILES string of the molecule is COc1cccc(N=C2NN=C(c3ccc(Cl)cc3Cl)CS2)c1. The smallest absolute Gasteiger partial charge is 0.182 e. The fourth-order valence-corrected chi connectivity index (χ4v) is 3.32. The van der Waals surface area contributed by atoms with Crippen LogP contribution in [0.25, 0.3) is 0 Å². The Labute approximate surface area is 148 Å². The first kappa shape index (κ1) is 16.2. The zero-order chi connectivity index (χ0) is 16.2. The molecule has 0 bridgehead atoms. The van der Waals surface area contributed by atoms with E-state index in [1.807, 2.05) is 30.3 Å². The van der Waals surface area contributed by atoms with Crippen LogP contribution >= 0.6 is 35.0 Å². The van der Waals surface area contributed by atoms with Gasteiger partial charge in [0.05, 0.1) is 23.5 Å². The number of nitrogens with zero attached hydrogens (tertiary/aromatic N) is 2. The van der Waals surface area contributed by atoms with E-state index in [0.29, 0.717) is 15.8 Å². The van der Waals surface area contributed by atoms with Crippen LogP contribution in [0.2, 0.25) is 10.0 Å². The summed E-state index contributed by atoms with van der Waals surface area (Å²) in [6.07, 6.45) is 0. The maximum atomic E-state index is 6.22. The van der Waals surface area contributed by atoms with Gasteiger partial charge < -0.3 is 4.74 Å². The van der Waals surface area contributed by atoms with E-state index in [-0.39, 0.29) is 0 Å². The van der Waals surface area contributed by atoms with E-state index in [4.69, 9.17) is 27.9 Å². The molecule has 1 aliphatic heterocycles. The highest BCUT2D eigenvalue weighted by molar-refractivity contribution is 8.14. The molecule has 2 aromatic carbocycles. The molecular weight excluding hydrogens is 353 g/mol. The number of nitrogens with one attached hydrogen (secondary N) is 1. The van der Waals surface area contributed by atoms with Crippen LogP contribution in [0.1, 0.15) is 5.56 Å². The predicted octanol–water partition coefficient (Wildman–Crippen LogP) is 4.73. The Bertz CT molecular complexity index is 793. The average molecular weight is 366 g/mol. The Balaban J connectivity index is 1.78. The fourth-order valence-electron chi connectivity index (χ4n) is 2.03. The number of benzene rings is 2. The summed E-state index contributed by atoms with van der Waals surface area (Å²) in [4.78, 5) is 4.52. The van der Waals surface area contributed by atoms with Gasteiger partial charge in [0.25, 0.3) is 0 Å². The highest BCUT2D eigenvalue weighted by Crippen LogP contribution is 2.25. The summed E-state index contributed by atoms with van der Waals surface area (Å²) < 4.78 is 5.19. The van der Waals surface area contributed by atoms with Crippen molar-refractivity contribution < 1.29 is 4.74 Å². The van der Waals surface area contributed by atoms with Crippen molar-refractivity contribution in [2.75, 3.05) is 12.9 Å². The molecular formula is C16H13Cl2N3OS. The zero-order valence-corrected chi connectivity index (χ0v) is 14.5. The molecule has 2 aromatic rings. The number of aliphatic imine (C=N–C) groups is 1. The number of hydrogen-bond donors (Lipinski definition) is 1. The summed E-state index contributed by atoms with van der Waals surface area (Å²) in [5.41, 5.74) is 5.51. The van der Waals surface area contributed by atoms with Gasteiger partial charge >= 0.3 is 0 Å². The van der Waals surface area contributed by atoms with E-state index < -0.39 is 0 Å². The van der Waals surface area contributed by atoms with Crippen LogP contribution in [0, 0.1) is 0 Å². The average Bonchev–Trinajstić information content (AvgIpc) is 2.56. The Morgan fingerprint density at radius 3 is 2.78 bits per heavy atom. The second kappa shape index (κ2) is 7.25. The van der Waals surface area contributed by atoms with Crippen molar-refractivity contribution in [3.63, 3.8) is 0 Å². The molecule has 0 amide bonds. The molecule has 0 saturated heterocycles. The van der Waals surface area contributed by atoms with E-state index in [0.717, 1.165) is 27.9 Å². The van der Waals surface area contributed by atoms with Crippen molar-refractivity contribution in [2.45, 2.75) is 0 Å². The Morgan fingerprint density at radius 2 is 2.09 bits per heavy atom. The van der Waals surface area contributed by atoms with Crippen LogP contribution < -0.4 is 10.2 Å². The number of amidine groups is 1. The van der Waals surface area contributed by atoms with E-state index in [1.165, 1.54) is 0 Å². The molecule has 0 atom stereocenters. The minimum atomic E-state index is 0.590. The van der Waals surface area contributed by atoms with Crippen LogP contribution in [0.5, 0.6) is 5.75 Å². The van der Waals surface area contributed by atoms with Crippen LogP contribution in [0.3, 0.4) is 0 Å². The highest BCUT2D eigenvalue weighted by Gasteiger charge is 2.15. The molecule has 0 saturated carbocycles. The van der Waals surface area contributed by atoms with Crippen molar-refractivity contribution in [3.05, 3.63) is 58.1 Å². The van der Waals surface area contributed by atoms with Gasteiger partial charge in [0.2, 0.25) is 0 Å². The minimum Gasteiger partial charge on any atom is -0.497 e. The van der Waals surface area contributed by atoms with E-state index in [2.05, 4.69) is 15.5 Å². The van der Waals surface area contributed by atoms with Gasteiger partial charge in [-0.3, -0.25) is 5.43 Å². The standard InChI is InChI=1S/C16H13Cl2N3OS/c1-22-12-4-2-3-11(8-12)19-16-21-20-15(9-23-16)13-6-5-10(17)7-14(13)18/h2-8H,9H2,1H3,(H,19,21). The Kier molecular flexibility index (Phi) is 5.10. The van der Waals surface area contributed by atoms with Gasteiger partial charge in [-0.2, -0.15) is 5.10 Å². The summed E-state index contributed by atoms with van der Waals surface area (Å²) in [5, 5.41) is 6.29. The third kappa shape index (κ3) is 3.99. The largest absolute Gasteiger partial charge is 0.497 e. The number of rotatable bonds is 3. The maximum Gasteiger partial charge on any atom is 0.182 e. The van der Waals surface area contributed by atoms with E-state index in [9.17, 15) is 0 Å². The predicted molar refractivity (Wildman–Crippen MR) is 98.7 cm³/mol. The first-order valence-electron chi connectivity index (χ1n) is 6.79. The molecule has 0 spiro atoms. The second-order valence-corrected chi connectivity index (χ2v) is 6.51. The lowest BCUT2D eigenvalue weighted by molar-refractivity contribution is 0.415. The Hall–Kier alpha value is -1.69. The molecule has 4 nitrogen and oxygen atoms in total. The Morgan fingerprint density at radius 1 is 1.22 bits per heavy atom. The quantitative estimate of drug-likeness (QED) is 0.854. The summed E-state index contributed by atoms with van der Waals surface area (Å²) in [5.74, 6) is 1.45. The molecule has 1 aliphatic rings. The summed E-state index contributed by atoms with van der Waals surface area (Å²) in [6, 6.07) is 12.9. The van der Waals surface area contributed by atoms with Gasteiger partial charge in [0.15, 0.2) is 5.17 Å². The van der Waals surface area contributed by atoms with E-state index in [1.54, 1.807) is 31.0 Å². The fraction of sp³-hybridized carbons (Fsp3) is 0.125. The highest BCUT2D eigenvalue weighted by atomic mass is 35.5.